The summed E-state index contributed by atoms with van der Waals surface area (Å²) in [5.41, 5.74) is -0.153. The van der Waals surface area contributed by atoms with Gasteiger partial charge >= 0.3 is 0 Å². The van der Waals surface area contributed by atoms with E-state index in [9.17, 15) is 13.6 Å². The van der Waals surface area contributed by atoms with Crippen molar-refractivity contribution >= 4 is 23.2 Å². The standard InChI is InChI=1S/C15H17ClF2N2O/c16-10-6-9(17)7-11(18)14(10)20-15(21)13-5-8-3-1-2-4-12(8)19-13/h6-8,12-13,19H,1-5H2,(H,20,21). The van der Waals surface area contributed by atoms with Crippen LogP contribution in [0.1, 0.15) is 32.1 Å². The Balaban J connectivity index is 1.70. The number of amides is 1. The molecule has 1 saturated carbocycles. The lowest BCUT2D eigenvalue weighted by Crippen LogP contribution is -2.40. The molecule has 6 heteroatoms. The van der Waals surface area contributed by atoms with Gasteiger partial charge in [0.05, 0.1) is 16.8 Å². The summed E-state index contributed by atoms with van der Waals surface area (Å²) >= 11 is 5.79. The van der Waals surface area contributed by atoms with Crippen LogP contribution in [0.25, 0.3) is 0 Å². The molecule has 114 valence electrons. The molecular weight excluding hydrogens is 298 g/mol. The van der Waals surface area contributed by atoms with Crippen molar-refractivity contribution in [2.45, 2.75) is 44.2 Å². The molecule has 2 N–H and O–H groups in total. The molecule has 3 atom stereocenters. The molecule has 0 radical (unpaired) electrons. The molecule has 1 amide bonds. The Morgan fingerprint density at radius 1 is 1.29 bits per heavy atom. The maximum absolute atomic E-state index is 13.7. The van der Waals surface area contributed by atoms with E-state index in [2.05, 4.69) is 10.6 Å². The van der Waals surface area contributed by atoms with Gasteiger partial charge < -0.3 is 10.6 Å². The van der Waals surface area contributed by atoms with Crippen LogP contribution in [0.5, 0.6) is 0 Å². The largest absolute Gasteiger partial charge is 0.321 e. The van der Waals surface area contributed by atoms with Gasteiger partial charge in [0.15, 0.2) is 5.82 Å². The van der Waals surface area contributed by atoms with Crippen LogP contribution >= 0.6 is 11.6 Å². The molecule has 3 rings (SSSR count). The molecule has 0 aromatic heterocycles. The first kappa shape index (κ1) is 14.7. The topological polar surface area (TPSA) is 41.1 Å². The smallest absolute Gasteiger partial charge is 0.241 e. The summed E-state index contributed by atoms with van der Waals surface area (Å²) in [6, 6.07) is 1.74. The predicted molar refractivity (Wildman–Crippen MR) is 77.3 cm³/mol. The lowest BCUT2D eigenvalue weighted by Gasteiger charge is -2.24. The highest BCUT2D eigenvalue weighted by Crippen LogP contribution is 2.34. The molecule has 1 aromatic carbocycles. The zero-order chi connectivity index (χ0) is 15.0. The molecule has 0 bridgehead atoms. The van der Waals surface area contributed by atoms with Crippen LogP contribution in [-0.2, 0) is 4.79 Å². The minimum atomic E-state index is -0.858. The molecule has 3 unspecified atom stereocenters. The van der Waals surface area contributed by atoms with Crippen LogP contribution in [0.3, 0.4) is 0 Å². The second kappa shape index (κ2) is 5.89. The van der Waals surface area contributed by atoms with Crippen LogP contribution in [0, 0.1) is 17.6 Å². The molecule has 0 spiro atoms. The molecule has 2 aliphatic rings. The van der Waals surface area contributed by atoms with Crippen molar-refractivity contribution in [1.29, 1.82) is 0 Å². The Bertz CT molecular complexity index is 530. The molecule has 21 heavy (non-hydrogen) atoms. The van der Waals surface area contributed by atoms with Crippen LogP contribution in [0.4, 0.5) is 14.5 Å². The van der Waals surface area contributed by atoms with E-state index >= 15 is 0 Å². The Labute approximate surface area is 127 Å². The van der Waals surface area contributed by atoms with Gasteiger partial charge in [0.1, 0.15) is 5.82 Å². The molecule has 1 heterocycles. The fourth-order valence-electron chi connectivity index (χ4n) is 3.39. The maximum Gasteiger partial charge on any atom is 0.241 e. The number of halogens is 3. The Morgan fingerprint density at radius 3 is 2.76 bits per heavy atom. The van der Waals surface area contributed by atoms with Crippen molar-refractivity contribution in [3.8, 4) is 0 Å². The van der Waals surface area contributed by atoms with E-state index in [1.54, 1.807) is 0 Å². The number of benzene rings is 1. The first-order chi connectivity index (χ1) is 10.0. The van der Waals surface area contributed by atoms with E-state index in [4.69, 9.17) is 11.6 Å². The highest BCUT2D eigenvalue weighted by Gasteiger charge is 2.38. The number of hydrogen-bond acceptors (Lipinski definition) is 2. The summed E-state index contributed by atoms with van der Waals surface area (Å²) in [4.78, 5) is 12.3. The van der Waals surface area contributed by atoms with E-state index in [1.165, 1.54) is 12.8 Å². The molecule has 3 nitrogen and oxygen atoms in total. The Hall–Kier alpha value is -1.20. The molecule has 1 saturated heterocycles. The Kier molecular flexibility index (Phi) is 4.13. The van der Waals surface area contributed by atoms with Crippen LogP contribution < -0.4 is 10.6 Å². The fraction of sp³-hybridized carbons (Fsp3) is 0.533. The molecular formula is C15H17ClF2N2O. The number of fused-ring (bicyclic) bond motifs is 1. The highest BCUT2D eigenvalue weighted by molar-refractivity contribution is 6.33. The lowest BCUT2D eigenvalue weighted by atomic mass is 9.85. The summed E-state index contributed by atoms with van der Waals surface area (Å²) in [7, 11) is 0. The predicted octanol–water partition coefficient (Wildman–Crippen LogP) is 3.48. The molecule has 2 fully saturated rings. The summed E-state index contributed by atoms with van der Waals surface area (Å²) < 4.78 is 26.7. The third-order valence-electron chi connectivity index (χ3n) is 4.43. The number of hydrogen-bond donors (Lipinski definition) is 2. The normalized spacial score (nSPS) is 28.2. The first-order valence-electron chi connectivity index (χ1n) is 7.26. The van der Waals surface area contributed by atoms with Crippen LogP contribution in [0.2, 0.25) is 5.02 Å². The van der Waals surface area contributed by atoms with Crippen molar-refractivity contribution < 1.29 is 13.6 Å². The van der Waals surface area contributed by atoms with Crippen LogP contribution in [-0.4, -0.2) is 18.0 Å². The summed E-state index contributed by atoms with van der Waals surface area (Å²) in [5, 5.41) is 5.67. The quantitative estimate of drug-likeness (QED) is 0.877. The Morgan fingerprint density at radius 2 is 2.05 bits per heavy atom. The SMILES string of the molecule is O=C(Nc1c(F)cc(F)cc1Cl)C1CC2CCCCC2N1. The zero-order valence-electron chi connectivity index (χ0n) is 11.5. The van der Waals surface area contributed by atoms with E-state index in [-0.39, 0.29) is 22.7 Å². The number of carbonyl (C=O) groups excluding carboxylic acids is 1. The van der Waals surface area contributed by atoms with Gasteiger partial charge in [0.2, 0.25) is 5.91 Å². The van der Waals surface area contributed by atoms with Crippen molar-refractivity contribution in [1.82, 2.24) is 5.32 Å². The third-order valence-corrected chi connectivity index (χ3v) is 4.73. The monoisotopic (exact) mass is 314 g/mol. The van der Waals surface area contributed by atoms with Gasteiger partial charge in [-0.15, -0.1) is 0 Å². The van der Waals surface area contributed by atoms with Gasteiger partial charge in [0.25, 0.3) is 0 Å². The van der Waals surface area contributed by atoms with Gasteiger partial charge in [-0.1, -0.05) is 24.4 Å². The minimum Gasteiger partial charge on any atom is -0.321 e. The average Bonchev–Trinajstić information content (AvgIpc) is 2.86. The first-order valence-corrected chi connectivity index (χ1v) is 7.64. The van der Waals surface area contributed by atoms with Crippen molar-refractivity contribution in [2.24, 2.45) is 5.92 Å². The number of anilines is 1. The number of rotatable bonds is 2. The zero-order valence-corrected chi connectivity index (χ0v) is 12.2. The van der Waals surface area contributed by atoms with E-state index in [0.717, 1.165) is 25.3 Å². The van der Waals surface area contributed by atoms with Crippen molar-refractivity contribution in [2.75, 3.05) is 5.32 Å². The van der Waals surface area contributed by atoms with E-state index < -0.39 is 11.6 Å². The molecule has 1 aliphatic heterocycles. The van der Waals surface area contributed by atoms with Gasteiger partial charge in [-0.2, -0.15) is 0 Å². The van der Waals surface area contributed by atoms with Gasteiger partial charge in [-0.25, -0.2) is 8.78 Å². The fourth-order valence-corrected chi connectivity index (χ4v) is 3.63. The second-order valence-corrected chi connectivity index (χ2v) is 6.25. The number of nitrogens with one attached hydrogen (secondary N) is 2. The summed E-state index contributed by atoms with van der Waals surface area (Å²) in [5.74, 6) is -1.41. The second-order valence-electron chi connectivity index (χ2n) is 5.84. The van der Waals surface area contributed by atoms with Crippen molar-refractivity contribution in [3.05, 3.63) is 28.8 Å². The molecule has 1 aliphatic carbocycles. The minimum absolute atomic E-state index is 0.128. The average molecular weight is 315 g/mol. The number of carbonyl (C=O) groups is 1. The van der Waals surface area contributed by atoms with Gasteiger partial charge in [0, 0.05) is 12.1 Å². The summed E-state index contributed by atoms with van der Waals surface area (Å²) in [6.45, 7) is 0. The van der Waals surface area contributed by atoms with E-state index in [1.807, 2.05) is 0 Å². The third kappa shape index (κ3) is 3.04. The van der Waals surface area contributed by atoms with Crippen LogP contribution in [0.15, 0.2) is 12.1 Å². The van der Waals surface area contributed by atoms with Gasteiger partial charge in [-0.3, -0.25) is 4.79 Å². The maximum atomic E-state index is 13.7. The van der Waals surface area contributed by atoms with Gasteiger partial charge in [-0.05, 0) is 31.2 Å². The summed E-state index contributed by atoms with van der Waals surface area (Å²) in [6.07, 6.45) is 5.36. The lowest BCUT2D eigenvalue weighted by molar-refractivity contribution is -0.117. The molecule has 1 aromatic rings. The van der Waals surface area contributed by atoms with E-state index in [0.29, 0.717) is 18.0 Å². The van der Waals surface area contributed by atoms with Crippen molar-refractivity contribution in [3.63, 3.8) is 0 Å². The highest BCUT2D eigenvalue weighted by atomic mass is 35.5.